The van der Waals surface area contributed by atoms with Gasteiger partial charge in [-0.3, -0.25) is 5.01 Å². The van der Waals surface area contributed by atoms with Crippen LogP contribution in [-0.4, -0.2) is 79.7 Å². The summed E-state index contributed by atoms with van der Waals surface area (Å²) in [6.07, 6.45) is 6.09. The minimum atomic E-state index is 0.636. The van der Waals surface area contributed by atoms with Crippen LogP contribution in [0.2, 0.25) is 0 Å². The number of piperidine rings is 1. The molecule has 3 heterocycles. The molecule has 5 nitrogen and oxygen atoms in total. The van der Waals surface area contributed by atoms with Crippen molar-refractivity contribution in [2.75, 3.05) is 52.9 Å². The molecular formula is C15H28N4O. The molecule has 5 heteroatoms. The average molecular weight is 280 g/mol. The molecule has 1 atom stereocenters. The number of hydrogen-bond acceptors (Lipinski definition) is 5. The lowest BCUT2D eigenvalue weighted by Gasteiger charge is -2.32. The number of fused-ring (bicyclic) bond motifs is 1. The maximum absolute atomic E-state index is 5.88. The molecule has 0 aromatic carbocycles. The number of nitrogens with zero attached hydrogens (tertiary/aromatic N) is 4. The van der Waals surface area contributed by atoms with Crippen molar-refractivity contribution in [2.45, 2.75) is 38.1 Å². The lowest BCUT2D eigenvalue weighted by atomic mass is 10.0. The van der Waals surface area contributed by atoms with E-state index in [4.69, 9.17) is 4.74 Å². The minimum Gasteiger partial charge on any atom is -0.480 e. The number of hydrazone groups is 1. The number of ether oxygens (including phenoxy) is 1. The highest BCUT2D eigenvalue weighted by Gasteiger charge is 2.29. The molecule has 2 fully saturated rings. The van der Waals surface area contributed by atoms with E-state index in [-0.39, 0.29) is 0 Å². The molecular weight excluding hydrogens is 252 g/mol. The molecule has 0 radical (unpaired) electrons. The first-order valence-corrected chi connectivity index (χ1v) is 8.19. The van der Waals surface area contributed by atoms with Gasteiger partial charge in [0.15, 0.2) is 0 Å². The summed E-state index contributed by atoms with van der Waals surface area (Å²) in [7, 11) is 2.20. The Morgan fingerprint density at radius 3 is 2.80 bits per heavy atom. The quantitative estimate of drug-likeness (QED) is 0.725. The van der Waals surface area contributed by atoms with Crippen molar-refractivity contribution in [2.24, 2.45) is 5.10 Å². The molecule has 20 heavy (non-hydrogen) atoms. The van der Waals surface area contributed by atoms with Crippen LogP contribution in [0.4, 0.5) is 0 Å². The number of rotatable bonds is 4. The molecule has 0 aromatic rings. The zero-order valence-corrected chi connectivity index (χ0v) is 12.8. The second-order valence-electron chi connectivity index (χ2n) is 6.36. The van der Waals surface area contributed by atoms with E-state index in [1.807, 2.05) is 0 Å². The van der Waals surface area contributed by atoms with Gasteiger partial charge < -0.3 is 14.5 Å². The van der Waals surface area contributed by atoms with E-state index in [1.165, 1.54) is 45.4 Å². The normalized spacial score (nSPS) is 28.4. The van der Waals surface area contributed by atoms with Gasteiger partial charge in [0.25, 0.3) is 0 Å². The van der Waals surface area contributed by atoms with E-state index in [9.17, 15) is 0 Å². The Hall–Kier alpha value is -0.810. The monoisotopic (exact) mass is 280 g/mol. The zero-order chi connectivity index (χ0) is 13.8. The molecule has 0 bridgehead atoms. The lowest BCUT2D eigenvalue weighted by Crippen LogP contribution is -2.44. The van der Waals surface area contributed by atoms with Crippen LogP contribution in [0.3, 0.4) is 0 Å². The fourth-order valence-corrected chi connectivity index (χ4v) is 3.35. The van der Waals surface area contributed by atoms with Gasteiger partial charge in [0.2, 0.25) is 5.90 Å². The summed E-state index contributed by atoms with van der Waals surface area (Å²) in [5, 5.41) is 6.86. The summed E-state index contributed by atoms with van der Waals surface area (Å²) in [5.74, 6) is 0.982. The van der Waals surface area contributed by atoms with Gasteiger partial charge in [-0.25, -0.2) is 0 Å². The number of hydrogen-bond donors (Lipinski definition) is 0. The third-order valence-corrected chi connectivity index (χ3v) is 4.73. The Bertz CT molecular complexity index is 339. The summed E-state index contributed by atoms with van der Waals surface area (Å²) in [4.78, 5) is 4.94. The van der Waals surface area contributed by atoms with E-state index < -0.39 is 0 Å². The second-order valence-corrected chi connectivity index (χ2v) is 6.36. The van der Waals surface area contributed by atoms with Gasteiger partial charge in [-0.05, 0) is 32.7 Å². The molecule has 3 aliphatic rings. The van der Waals surface area contributed by atoms with E-state index in [1.54, 1.807) is 0 Å². The Labute approximate surface area is 122 Å². The summed E-state index contributed by atoms with van der Waals surface area (Å²) in [6.45, 7) is 7.91. The first-order valence-electron chi connectivity index (χ1n) is 8.19. The largest absolute Gasteiger partial charge is 0.480 e. The van der Waals surface area contributed by atoms with Gasteiger partial charge in [-0.15, -0.1) is 5.10 Å². The van der Waals surface area contributed by atoms with Crippen LogP contribution in [0, 0.1) is 0 Å². The van der Waals surface area contributed by atoms with Crippen LogP contribution in [-0.2, 0) is 4.74 Å². The van der Waals surface area contributed by atoms with Gasteiger partial charge in [0.05, 0.1) is 12.6 Å². The molecule has 0 aliphatic carbocycles. The Morgan fingerprint density at radius 2 is 2.00 bits per heavy atom. The SMILES string of the molecule is CN1CCN(CCCOC2=NN3CCCCC3C2)CC1. The number of likely N-dealkylation sites (N-methyl/N-ethyl adjacent to an activating group) is 1. The standard InChI is InChI=1S/C15H28N4O/c1-17-8-10-18(11-9-17)6-4-12-20-15-13-14-5-2-3-7-19(14)16-15/h14H,2-13H2,1H3. The summed E-state index contributed by atoms with van der Waals surface area (Å²) in [6, 6.07) is 0.636. The van der Waals surface area contributed by atoms with E-state index >= 15 is 0 Å². The molecule has 0 saturated carbocycles. The minimum absolute atomic E-state index is 0.636. The van der Waals surface area contributed by atoms with Crippen LogP contribution in [0.15, 0.2) is 5.10 Å². The third kappa shape index (κ3) is 3.64. The summed E-state index contributed by atoms with van der Waals surface area (Å²) in [5.41, 5.74) is 0. The smallest absolute Gasteiger partial charge is 0.208 e. The van der Waals surface area contributed by atoms with Crippen LogP contribution < -0.4 is 0 Å². The summed E-state index contributed by atoms with van der Waals surface area (Å²) >= 11 is 0. The molecule has 0 amide bonds. The number of piperazine rings is 1. The van der Waals surface area contributed by atoms with E-state index in [2.05, 4.69) is 27.0 Å². The van der Waals surface area contributed by atoms with Crippen LogP contribution in [0.1, 0.15) is 32.1 Å². The van der Waals surface area contributed by atoms with Gasteiger partial charge >= 0.3 is 0 Å². The van der Waals surface area contributed by atoms with Crippen LogP contribution in [0.5, 0.6) is 0 Å². The topological polar surface area (TPSA) is 31.3 Å². The maximum Gasteiger partial charge on any atom is 0.208 e. The molecule has 2 saturated heterocycles. The summed E-state index contributed by atoms with van der Waals surface area (Å²) < 4.78 is 5.88. The molecule has 0 N–H and O–H groups in total. The van der Waals surface area contributed by atoms with Gasteiger partial charge in [-0.1, -0.05) is 0 Å². The van der Waals surface area contributed by atoms with Crippen molar-refractivity contribution in [3.8, 4) is 0 Å². The Kier molecular flexibility index (Phi) is 4.78. The Morgan fingerprint density at radius 1 is 1.15 bits per heavy atom. The van der Waals surface area contributed by atoms with Gasteiger partial charge in [0, 0.05) is 45.7 Å². The lowest BCUT2D eigenvalue weighted by molar-refractivity contribution is 0.144. The van der Waals surface area contributed by atoms with Crippen molar-refractivity contribution in [1.29, 1.82) is 0 Å². The molecule has 0 spiro atoms. The maximum atomic E-state index is 5.88. The predicted molar refractivity (Wildman–Crippen MR) is 80.9 cm³/mol. The third-order valence-electron chi connectivity index (χ3n) is 4.73. The molecule has 114 valence electrons. The van der Waals surface area contributed by atoms with Crippen LogP contribution in [0.25, 0.3) is 0 Å². The van der Waals surface area contributed by atoms with Crippen molar-refractivity contribution in [3.05, 3.63) is 0 Å². The van der Waals surface area contributed by atoms with Crippen molar-refractivity contribution >= 4 is 5.90 Å². The fourth-order valence-electron chi connectivity index (χ4n) is 3.35. The van der Waals surface area contributed by atoms with Crippen molar-refractivity contribution < 1.29 is 4.74 Å². The zero-order valence-electron chi connectivity index (χ0n) is 12.8. The molecule has 3 rings (SSSR count). The molecule has 1 unspecified atom stereocenters. The van der Waals surface area contributed by atoms with Gasteiger partial charge in [0.1, 0.15) is 0 Å². The first kappa shape index (κ1) is 14.1. The molecule has 3 aliphatic heterocycles. The highest BCUT2D eigenvalue weighted by Crippen LogP contribution is 2.25. The average Bonchev–Trinajstić information content (AvgIpc) is 2.88. The van der Waals surface area contributed by atoms with E-state index in [0.29, 0.717) is 6.04 Å². The predicted octanol–water partition coefficient (Wildman–Crippen LogP) is 1.21. The fraction of sp³-hybridized carbons (Fsp3) is 0.933. The molecule has 0 aromatic heterocycles. The van der Waals surface area contributed by atoms with Crippen molar-refractivity contribution in [1.82, 2.24) is 14.8 Å². The van der Waals surface area contributed by atoms with E-state index in [0.717, 1.165) is 38.4 Å². The second kappa shape index (κ2) is 6.76. The first-order chi connectivity index (χ1) is 9.81. The highest BCUT2D eigenvalue weighted by molar-refractivity contribution is 5.78. The van der Waals surface area contributed by atoms with Gasteiger partial charge in [-0.2, -0.15) is 0 Å². The van der Waals surface area contributed by atoms with Crippen molar-refractivity contribution in [3.63, 3.8) is 0 Å². The Balaban J connectivity index is 1.30. The highest BCUT2D eigenvalue weighted by atomic mass is 16.5. The van der Waals surface area contributed by atoms with Crippen LogP contribution >= 0.6 is 0 Å².